The lowest BCUT2D eigenvalue weighted by Crippen LogP contribution is -2.42. The quantitative estimate of drug-likeness (QED) is 0.844. The van der Waals surface area contributed by atoms with Crippen LogP contribution >= 0.6 is 0 Å². The fourth-order valence-electron chi connectivity index (χ4n) is 2.06. The number of amides is 1. The van der Waals surface area contributed by atoms with Gasteiger partial charge in [-0.15, -0.1) is 0 Å². The second-order valence-electron chi connectivity index (χ2n) is 6.87. The number of likely N-dealkylation sites (N-methyl/N-ethyl adjacent to an activating group) is 1. The van der Waals surface area contributed by atoms with Crippen LogP contribution in [-0.2, 0) is 4.79 Å². The first-order valence-corrected chi connectivity index (χ1v) is 7.45. The van der Waals surface area contributed by atoms with Crippen molar-refractivity contribution in [2.75, 3.05) is 20.6 Å². The molecule has 1 aromatic carbocycles. The first-order chi connectivity index (χ1) is 9.71. The Kier molecular flexibility index (Phi) is 6.37. The average Bonchev–Trinajstić information content (AvgIpc) is 2.38. The Hall–Kier alpha value is -1.39. The molecular weight excluding hydrogens is 262 g/mol. The summed E-state index contributed by atoms with van der Waals surface area (Å²) in [6, 6.07) is 10.2. The SMILES string of the molecule is CN(C)C(CNC(=O)CC(N)C(C)(C)C)c1ccccc1. The Labute approximate surface area is 128 Å². The van der Waals surface area contributed by atoms with E-state index in [2.05, 4.69) is 43.1 Å². The van der Waals surface area contributed by atoms with Crippen molar-refractivity contribution in [3.8, 4) is 0 Å². The predicted molar refractivity (Wildman–Crippen MR) is 87.9 cm³/mol. The van der Waals surface area contributed by atoms with Crippen LogP contribution in [0.25, 0.3) is 0 Å². The maximum atomic E-state index is 12.0. The van der Waals surface area contributed by atoms with Gasteiger partial charge in [0.15, 0.2) is 0 Å². The highest BCUT2D eigenvalue weighted by atomic mass is 16.1. The van der Waals surface area contributed by atoms with Gasteiger partial charge in [0.25, 0.3) is 0 Å². The van der Waals surface area contributed by atoms with E-state index in [4.69, 9.17) is 5.73 Å². The van der Waals surface area contributed by atoms with Crippen molar-refractivity contribution >= 4 is 5.91 Å². The third-order valence-corrected chi connectivity index (χ3v) is 3.82. The zero-order valence-corrected chi connectivity index (χ0v) is 13.9. The van der Waals surface area contributed by atoms with Crippen molar-refractivity contribution in [3.05, 3.63) is 35.9 Å². The van der Waals surface area contributed by atoms with Gasteiger partial charge < -0.3 is 16.0 Å². The summed E-state index contributed by atoms with van der Waals surface area (Å²) in [6.45, 7) is 6.75. The van der Waals surface area contributed by atoms with E-state index in [-0.39, 0.29) is 23.4 Å². The maximum Gasteiger partial charge on any atom is 0.221 e. The summed E-state index contributed by atoms with van der Waals surface area (Å²) in [5.74, 6) is 0.0141. The number of hydrogen-bond acceptors (Lipinski definition) is 3. The fraction of sp³-hybridized carbons (Fsp3) is 0.588. The second kappa shape index (κ2) is 7.57. The van der Waals surface area contributed by atoms with Gasteiger partial charge in [-0.25, -0.2) is 0 Å². The molecule has 0 aliphatic carbocycles. The molecule has 0 heterocycles. The summed E-state index contributed by atoms with van der Waals surface area (Å²) >= 11 is 0. The van der Waals surface area contributed by atoms with Crippen molar-refractivity contribution in [2.24, 2.45) is 11.1 Å². The number of nitrogens with zero attached hydrogens (tertiary/aromatic N) is 1. The van der Waals surface area contributed by atoms with Crippen molar-refractivity contribution < 1.29 is 4.79 Å². The average molecular weight is 291 g/mol. The minimum Gasteiger partial charge on any atom is -0.354 e. The molecule has 0 aliphatic rings. The minimum absolute atomic E-state index is 0.0141. The molecule has 0 aromatic heterocycles. The minimum atomic E-state index is -0.132. The first kappa shape index (κ1) is 17.7. The normalized spacial score (nSPS) is 14.8. The molecule has 0 spiro atoms. The summed E-state index contributed by atoms with van der Waals surface area (Å²) in [4.78, 5) is 14.2. The lowest BCUT2D eigenvalue weighted by Gasteiger charge is -2.28. The van der Waals surface area contributed by atoms with Gasteiger partial charge in [0.2, 0.25) is 5.91 Å². The molecule has 4 heteroatoms. The van der Waals surface area contributed by atoms with E-state index in [0.717, 1.165) is 0 Å². The third-order valence-electron chi connectivity index (χ3n) is 3.82. The van der Waals surface area contributed by atoms with Crippen LogP contribution in [-0.4, -0.2) is 37.5 Å². The number of nitrogens with two attached hydrogens (primary N) is 1. The van der Waals surface area contributed by atoms with E-state index in [0.29, 0.717) is 13.0 Å². The largest absolute Gasteiger partial charge is 0.354 e. The molecule has 1 rings (SSSR count). The highest BCUT2D eigenvalue weighted by molar-refractivity contribution is 5.76. The Morgan fingerprint density at radius 2 is 1.81 bits per heavy atom. The second-order valence-corrected chi connectivity index (χ2v) is 6.87. The molecule has 118 valence electrons. The van der Waals surface area contributed by atoms with Crippen LogP contribution in [0, 0.1) is 5.41 Å². The van der Waals surface area contributed by atoms with Crippen LogP contribution in [0.2, 0.25) is 0 Å². The van der Waals surface area contributed by atoms with Gasteiger partial charge in [-0.1, -0.05) is 51.1 Å². The van der Waals surface area contributed by atoms with E-state index in [1.807, 2.05) is 32.3 Å². The molecule has 2 atom stereocenters. The lowest BCUT2D eigenvalue weighted by molar-refractivity contribution is -0.122. The van der Waals surface area contributed by atoms with Crippen LogP contribution in [0.5, 0.6) is 0 Å². The molecule has 21 heavy (non-hydrogen) atoms. The summed E-state index contributed by atoms with van der Waals surface area (Å²) < 4.78 is 0. The van der Waals surface area contributed by atoms with Crippen LogP contribution in [0.15, 0.2) is 30.3 Å². The number of rotatable bonds is 6. The van der Waals surface area contributed by atoms with Crippen LogP contribution in [0.1, 0.15) is 38.8 Å². The Bertz CT molecular complexity index is 437. The standard InChI is InChI=1S/C17H29N3O/c1-17(2,3)15(18)11-16(21)19-12-14(20(4)5)13-9-7-6-8-10-13/h6-10,14-15H,11-12,18H2,1-5H3,(H,19,21). The number of carbonyl (C=O) groups is 1. The van der Waals surface area contributed by atoms with E-state index in [1.165, 1.54) is 5.56 Å². The van der Waals surface area contributed by atoms with Gasteiger partial charge >= 0.3 is 0 Å². The summed E-state index contributed by atoms with van der Waals surface area (Å²) in [5.41, 5.74) is 7.20. The van der Waals surface area contributed by atoms with Crippen molar-refractivity contribution in [2.45, 2.75) is 39.3 Å². The monoisotopic (exact) mass is 291 g/mol. The highest BCUT2D eigenvalue weighted by Crippen LogP contribution is 2.20. The molecule has 4 nitrogen and oxygen atoms in total. The Morgan fingerprint density at radius 3 is 2.29 bits per heavy atom. The van der Waals surface area contributed by atoms with E-state index >= 15 is 0 Å². The molecule has 2 unspecified atom stereocenters. The summed E-state index contributed by atoms with van der Waals surface area (Å²) in [5, 5.41) is 3.00. The molecule has 0 radical (unpaired) electrons. The van der Waals surface area contributed by atoms with Crippen LogP contribution < -0.4 is 11.1 Å². The molecule has 0 fully saturated rings. The third kappa shape index (κ3) is 5.86. The first-order valence-electron chi connectivity index (χ1n) is 7.45. The van der Waals surface area contributed by atoms with E-state index in [9.17, 15) is 4.79 Å². The predicted octanol–water partition coefficient (Wildman–Crippen LogP) is 2.17. The van der Waals surface area contributed by atoms with Gasteiger partial charge in [0.1, 0.15) is 0 Å². The highest BCUT2D eigenvalue weighted by Gasteiger charge is 2.23. The van der Waals surface area contributed by atoms with Gasteiger partial charge in [-0.05, 0) is 25.1 Å². The molecule has 0 bridgehead atoms. The van der Waals surface area contributed by atoms with Crippen molar-refractivity contribution in [1.29, 1.82) is 0 Å². The molecule has 0 saturated carbocycles. The smallest absolute Gasteiger partial charge is 0.221 e. The van der Waals surface area contributed by atoms with Crippen molar-refractivity contribution in [1.82, 2.24) is 10.2 Å². The molecule has 0 aliphatic heterocycles. The zero-order valence-electron chi connectivity index (χ0n) is 13.9. The molecule has 0 saturated heterocycles. The van der Waals surface area contributed by atoms with Gasteiger partial charge in [0, 0.05) is 19.0 Å². The lowest BCUT2D eigenvalue weighted by atomic mass is 9.85. The van der Waals surface area contributed by atoms with Gasteiger partial charge in [-0.2, -0.15) is 0 Å². The summed E-state index contributed by atoms with van der Waals surface area (Å²) in [7, 11) is 4.04. The van der Waals surface area contributed by atoms with Crippen LogP contribution in [0.4, 0.5) is 0 Å². The Balaban J connectivity index is 2.57. The van der Waals surface area contributed by atoms with E-state index in [1.54, 1.807) is 0 Å². The van der Waals surface area contributed by atoms with E-state index < -0.39 is 0 Å². The van der Waals surface area contributed by atoms with Crippen LogP contribution in [0.3, 0.4) is 0 Å². The topological polar surface area (TPSA) is 58.4 Å². The van der Waals surface area contributed by atoms with Gasteiger partial charge in [-0.3, -0.25) is 4.79 Å². The fourth-order valence-corrected chi connectivity index (χ4v) is 2.06. The number of hydrogen-bond donors (Lipinski definition) is 2. The summed E-state index contributed by atoms with van der Waals surface area (Å²) in [6.07, 6.45) is 0.360. The van der Waals surface area contributed by atoms with Crippen molar-refractivity contribution in [3.63, 3.8) is 0 Å². The van der Waals surface area contributed by atoms with Gasteiger partial charge in [0.05, 0.1) is 6.04 Å². The molecule has 1 aromatic rings. The molecule has 3 N–H and O–H groups in total. The number of carbonyl (C=O) groups excluding carboxylic acids is 1. The number of nitrogens with one attached hydrogen (secondary N) is 1. The number of benzene rings is 1. The maximum absolute atomic E-state index is 12.0. The Morgan fingerprint density at radius 1 is 1.24 bits per heavy atom. The molecular formula is C17H29N3O. The molecule has 1 amide bonds. The zero-order chi connectivity index (χ0) is 16.0.